The van der Waals surface area contributed by atoms with E-state index in [1.54, 1.807) is 0 Å². The van der Waals surface area contributed by atoms with Crippen molar-refractivity contribution >= 4 is 19.2 Å². The second-order valence-corrected chi connectivity index (χ2v) is 7.65. The largest absolute Gasteiger partial charge is 0.362 e. The van der Waals surface area contributed by atoms with Gasteiger partial charge in [-0.2, -0.15) is 0 Å². The van der Waals surface area contributed by atoms with Gasteiger partial charge in [-0.3, -0.25) is 0 Å². The van der Waals surface area contributed by atoms with E-state index in [1.807, 2.05) is 0 Å². The fourth-order valence-electron chi connectivity index (χ4n) is 2.77. The van der Waals surface area contributed by atoms with Gasteiger partial charge in [0.1, 0.15) is 0 Å². The van der Waals surface area contributed by atoms with Crippen LogP contribution in [0.25, 0.3) is 0 Å². The number of hydrogen-bond acceptors (Lipinski definition) is 2. The first-order chi connectivity index (χ1) is 9.77. The molecule has 0 spiro atoms. The molecule has 0 N–H and O–H groups in total. The lowest BCUT2D eigenvalue weighted by molar-refractivity contribution is 0.287. The van der Waals surface area contributed by atoms with E-state index >= 15 is 0 Å². The zero-order chi connectivity index (χ0) is 13.9. The lowest BCUT2D eigenvalue weighted by Gasteiger charge is -2.34. The van der Waals surface area contributed by atoms with Gasteiger partial charge in [0, 0.05) is 26.5 Å². The van der Waals surface area contributed by atoms with E-state index in [4.69, 9.17) is 0 Å². The van der Waals surface area contributed by atoms with Crippen LogP contribution in [0.4, 0.5) is 0 Å². The summed E-state index contributed by atoms with van der Waals surface area (Å²) < 4.78 is 0. The van der Waals surface area contributed by atoms with Crippen LogP contribution in [0.5, 0.6) is 0 Å². The Labute approximate surface area is 122 Å². The molecule has 1 aliphatic rings. The molecule has 0 saturated carbocycles. The second kappa shape index (κ2) is 5.55. The lowest BCUT2D eigenvalue weighted by Crippen LogP contribution is -2.60. The normalized spacial score (nSPS) is 15.3. The molecule has 0 aromatic heterocycles. The highest BCUT2D eigenvalue weighted by atomic mass is 28.3. The molecule has 2 aromatic rings. The number of nitrogens with zero attached hydrogens (tertiary/aromatic N) is 2. The van der Waals surface area contributed by atoms with Crippen molar-refractivity contribution in [3.63, 3.8) is 0 Å². The van der Waals surface area contributed by atoms with Gasteiger partial charge < -0.3 is 9.80 Å². The van der Waals surface area contributed by atoms with Crippen molar-refractivity contribution in [3.8, 4) is 0 Å². The molecule has 1 radical (unpaired) electrons. The first kappa shape index (κ1) is 13.0. The van der Waals surface area contributed by atoms with Crippen LogP contribution < -0.4 is 10.4 Å². The Hall–Kier alpha value is -2.00. The van der Waals surface area contributed by atoms with Gasteiger partial charge >= 0.3 is 0 Å². The molecule has 1 aliphatic heterocycles. The van der Waals surface area contributed by atoms with Crippen LogP contribution >= 0.6 is 0 Å². The highest BCUT2D eigenvalue weighted by molar-refractivity contribution is 6.86. The third kappa shape index (κ3) is 2.37. The van der Waals surface area contributed by atoms with Crippen molar-refractivity contribution in [2.45, 2.75) is 5.79 Å². The van der Waals surface area contributed by atoms with Crippen LogP contribution in [-0.4, -0.2) is 38.5 Å². The summed E-state index contributed by atoms with van der Waals surface area (Å²) in [6.07, 6.45) is 4.34. The predicted molar refractivity (Wildman–Crippen MR) is 86.4 cm³/mol. The second-order valence-electron chi connectivity index (χ2n) is 5.15. The summed E-state index contributed by atoms with van der Waals surface area (Å²) in [6, 6.07) is 21.8. The van der Waals surface area contributed by atoms with Crippen molar-refractivity contribution in [3.05, 3.63) is 73.1 Å². The van der Waals surface area contributed by atoms with E-state index < -0.39 is 8.80 Å². The Morgan fingerprint density at radius 1 is 0.700 bits per heavy atom. The molecule has 2 nitrogen and oxygen atoms in total. The summed E-state index contributed by atoms with van der Waals surface area (Å²) in [5, 5.41) is 2.91. The highest BCUT2D eigenvalue weighted by Crippen LogP contribution is 2.14. The Bertz CT molecular complexity index is 531. The molecule has 3 rings (SSSR count). The van der Waals surface area contributed by atoms with E-state index in [9.17, 15) is 0 Å². The SMILES string of the molecule is CN1C=CN(C)C1[Si](c1ccccc1)c1ccccc1. The maximum absolute atomic E-state index is 2.33. The number of rotatable bonds is 3. The third-order valence-corrected chi connectivity index (χ3v) is 6.98. The van der Waals surface area contributed by atoms with Crippen LogP contribution in [0, 0.1) is 0 Å². The average Bonchev–Trinajstić information content (AvgIpc) is 2.82. The van der Waals surface area contributed by atoms with Crippen LogP contribution in [-0.2, 0) is 0 Å². The number of benzene rings is 2. The van der Waals surface area contributed by atoms with Gasteiger partial charge in [-0.05, 0) is 0 Å². The molecule has 20 heavy (non-hydrogen) atoms. The minimum atomic E-state index is -0.885. The van der Waals surface area contributed by atoms with Crippen molar-refractivity contribution < 1.29 is 0 Å². The Kier molecular flexibility index (Phi) is 3.61. The quantitative estimate of drug-likeness (QED) is 0.786. The average molecular weight is 279 g/mol. The van der Waals surface area contributed by atoms with Crippen molar-refractivity contribution in [1.29, 1.82) is 0 Å². The van der Waals surface area contributed by atoms with E-state index in [-0.39, 0.29) is 0 Å². The van der Waals surface area contributed by atoms with Gasteiger partial charge in [-0.1, -0.05) is 71.0 Å². The summed E-state index contributed by atoms with van der Waals surface area (Å²) >= 11 is 0. The van der Waals surface area contributed by atoms with Gasteiger partial charge in [-0.25, -0.2) is 0 Å². The van der Waals surface area contributed by atoms with Crippen molar-refractivity contribution in [1.82, 2.24) is 9.80 Å². The molecular formula is C17H19N2Si. The molecule has 0 saturated heterocycles. The van der Waals surface area contributed by atoms with Gasteiger partial charge in [0.05, 0.1) is 5.79 Å². The summed E-state index contributed by atoms with van der Waals surface area (Å²) in [5.41, 5.74) is 0. The van der Waals surface area contributed by atoms with E-state index in [2.05, 4.69) is 97.0 Å². The summed E-state index contributed by atoms with van der Waals surface area (Å²) in [6.45, 7) is 0. The van der Waals surface area contributed by atoms with E-state index in [1.165, 1.54) is 10.4 Å². The third-order valence-electron chi connectivity index (χ3n) is 3.74. The summed E-state index contributed by atoms with van der Waals surface area (Å²) in [7, 11) is 3.45. The van der Waals surface area contributed by atoms with Crippen LogP contribution in [0.1, 0.15) is 0 Å². The van der Waals surface area contributed by atoms with Crippen LogP contribution in [0.2, 0.25) is 0 Å². The monoisotopic (exact) mass is 279 g/mol. The minimum absolute atomic E-state index is 0.421. The van der Waals surface area contributed by atoms with Crippen molar-refractivity contribution in [2.24, 2.45) is 0 Å². The maximum Gasteiger partial charge on any atom is 0.173 e. The first-order valence-electron chi connectivity index (χ1n) is 6.87. The van der Waals surface area contributed by atoms with E-state index in [0.717, 1.165) is 0 Å². The molecule has 0 atom stereocenters. The van der Waals surface area contributed by atoms with Gasteiger partial charge in [0.15, 0.2) is 8.80 Å². The molecule has 0 unspecified atom stereocenters. The molecule has 2 aromatic carbocycles. The van der Waals surface area contributed by atoms with Gasteiger partial charge in [0.25, 0.3) is 0 Å². The molecule has 101 valence electrons. The fraction of sp³-hybridized carbons (Fsp3) is 0.176. The standard InChI is InChI=1S/C17H19N2Si/c1-18-13-14-19(2)17(18)20(15-9-5-3-6-10-15)16-11-7-4-8-12-16/h3-14,17H,1-2H3. The van der Waals surface area contributed by atoms with Crippen molar-refractivity contribution in [2.75, 3.05) is 14.1 Å². The molecule has 0 aliphatic carbocycles. The molecule has 3 heteroatoms. The summed E-state index contributed by atoms with van der Waals surface area (Å²) in [4.78, 5) is 4.66. The van der Waals surface area contributed by atoms with E-state index in [0.29, 0.717) is 5.79 Å². The first-order valence-corrected chi connectivity index (χ1v) is 8.45. The molecule has 1 heterocycles. The van der Waals surface area contributed by atoms with Gasteiger partial charge in [-0.15, -0.1) is 0 Å². The Morgan fingerprint density at radius 3 is 1.50 bits per heavy atom. The summed E-state index contributed by atoms with van der Waals surface area (Å²) in [5.74, 6) is 0.421. The zero-order valence-electron chi connectivity index (χ0n) is 11.9. The zero-order valence-corrected chi connectivity index (χ0v) is 12.9. The number of hydrogen-bond donors (Lipinski definition) is 0. The predicted octanol–water partition coefficient (Wildman–Crippen LogP) is 1.51. The Balaban J connectivity index is 2.05. The molecule has 0 bridgehead atoms. The minimum Gasteiger partial charge on any atom is -0.362 e. The lowest BCUT2D eigenvalue weighted by atomic mass is 10.4. The maximum atomic E-state index is 2.33. The Morgan fingerprint density at radius 2 is 1.10 bits per heavy atom. The molecule has 0 amide bonds. The highest BCUT2D eigenvalue weighted by Gasteiger charge is 2.34. The molecular weight excluding hydrogens is 260 g/mol. The van der Waals surface area contributed by atoms with Crippen LogP contribution in [0.3, 0.4) is 0 Å². The van der Waals surface area contributed by atoms with Gasteiger partial charge in [0.2, 0.25) is 0 Å². The fourth-order valence-corrected chi connectivity index (χ4v) is 5.79. The molecule has 0 fully saturated rings. The topological polar surface area (TPSA) is 6.48 Å². The van der Waals surface area contributed by atoms with Crippen LogP contribution in [0.15, 0.2) is 73.1 Å². The smallest absolute Gasteiger partial charge is 0.173 e.